The molecule has 7 nitrogen and oxygen atoms in total. The maximum atomic E-state index is 12.9. The van der Waals surface area contributed by atoms with E-state index in [9.17, 15) is 14.0 Å². The van der Waals surface area contributed by atoms with E-state index in [2.05, 4.69) is 0 Å². The molecule has 0 radical (unpaired) electrons. The van der Waals surface area contributed by atoms with E-state index in [0.717, 1.165) is 12.1 Å². The van der Waals surface area contributed by atoms with E-state index in [-0.39, 0.29) is 18.5 Å². The molecule has 1 aliphatic rings. The van der Waals surface area contributed by atoms with Gasteiger partial charge in [-0.25, -0.2) is 9.18 Å². The van der Waals surface area contributed by atoms with Crippen molar-refractivity contribution < 1.29 is 28.2 Å². The lowest BCUT2D eigenvalue weighted by molar-refractivity contribution is -0.121. The van der Waals surface area contributed by atoms with Crippen LogP contribution in [0.4, 0.5) is 10.1 Å². The third kappa shape index (κ3) is 4.57. The normalized spacial score (nSPS) is 12.0. The molecule has 0 saturated carbocycles. The lowest BCUT2D eigenvalue weighted by atomic mass is 10.2. The summed E-state index contributed by atoms with van der Waals surface area (Å²) in [6.45, 7) is 0.458. The van der Waals surface area contributed by atoms with Crippen molar-refractivity contribution in [1.82, 2.24) is 0 Å². The molecule has 0 saturated heterocycles. The zero-order chi connectivity index (χ0) is 19.9. The molecule has 1 heterocycles. The minimum absolute atomic E-state index is 0.103. The van der Waals surface area contributed by atoms with Crippen LogP contribution in [0.5, 0.6) is 11.5 Å². The Hall–Kier alpha value is -3.60. The second-order valence-corrected chi connectivity index (χ2v) is 5.86. The molecule has 2 aromatic carbocycles. The highest BCUT2D eigenvalue weighted by Crippen LogP contribution is 2.34. The molecule has 28 heavy (non-hydrogen) atoms. The standard InChI is InChI=1S/C20H17FN2O5/c21-15-4-2-14(3-5-15)20(25)28-13-19(24)23(9-1-8-22)16-6-7-17-18(12-16)27-11-10-26-17/h2-7,12H,1,9-11,13H2. The fourth-order valence-electron chi connectivity index (χ4n) is 2.63. The Morgan fingerprint density at radius 2 is 1.82 bits per heavy atom. The number of esters is 1. The summed E-state index contributed by atoms with van der Waals surface area (Å²) in [5, 5.41) is 8.88. The van der Waals surface area contributed by atoms with Gasteiger partial charge in [-0.05, 0) is 36.4 Å². The highest BCUT2D eigenvalue weighted by Gasteiger charge is 2.21. The molecule has 0 N–H and O–H groups in total. The molecule has 8 heteroatoms. The number of halogens is 1. The molecule has 1 amide bonds. The van der Waals surface area contributed by atoms with E-state index in [4.69, 9.17) is 19.5 Å². The largest absolute Gasteiger partial charge is 0.486 e. The number of ether oxygens (including phenoxy) is 3. The highest BCUT2D eigenvalue weighted by atomic mass is 19.1. The molecule has 1 aliphatic heterocycles. The van der Waals surface area contributed by atoms with Crippen molar-refractivity contribution in [2.24, 2.45) is 0 Å². The predicted octanol–water partition coefficient (Wildman–Crippen LogP) is 2.70. The minimum atomic E-state index is -0.740. The maximum absolute atomic E-state index is 12.9. The summed E-state index contributed by atoms with van der Waals surface area (Å²) in [6.07, 6.45) is 0.103. The number of anilines is 1. The number of benzene rings is 2. The topological polar surface area (TPSA) is 88.9 Å². The molecule has 3 rings (SSSR count). The third-order valence-electron chi connectivity index (χ3n) is 3.99. The van der Waals surface area contributed by atoms with E-state index >= 15 is 0 Å². The summed E-state index contributed by atoms with van der Waals surface area (Å²) in [5.74, 6) is -0.640. The second-order valence-electron chi connectivity index (χ2n) is 5.86. The van der Waals surface area contributed by atoms with E-state index in [0.29, 0.717) is 30.4 Å². The van der Waals surface area contributed by atoms with Gasteiger partial charge in [0.05, 0.1) is 18.1 Å². The van der Waals surface area contributed by atoms with Gasteiger partial charge in [-0.3, -0.25) is 4.79 Å². The van der Waals surface area contributed by atoms with Crippen LogP contribution in [-0.4, -0.2) is 38.2 Å². The Bertz CT molecular complexity index is 908. The van der Waals surface area contributed by atoms with Gasteiger partial charge in [-0.2, -0.15) is 5.26 Å². The smallest absolute Gasteiger partial charge is 0.338 e. The zero-order valence-electron chi connectivity index (χ0n) is 14.9. The van der Waals surface area contributed by atoms with Crippen LogP contribution in [0.2, 0.25) is 0 Å². The van der Waals surface area contributed by atoms with Crippen LogP contribution in [0.3, 0.4) is 0 Å². The number of nitrogens with zero attached hydrogens (tertiary/aromatic N) is 2. The van der Waals surface area contributed by atoms with Gasteiger partial charge in [-0.1, -0.05) is 0 Å². The Morgan fingerprint density at radius 3 is 2.54 bits per heavy atom. The number of hydrogen-bond acceptors (Lipinski definition) is 6. The van der Waals surface area contributed by atoms with E-state index in [1.807, 2.05) is 6.07 Å². The van der Waals surface area contributed by atoms with Crippen molar-refractivity contribution in [3.05, 3.63) is 53.8 Å². The van der Waals surface area contributed by atoms with Crippen LogP contribution >= 0.6 is 0 Å². The summed E-state index contributed by atoms with van der Waals surface area (Å²) >= 11 is 0. The van der Waals surface area contributed by atoms with E-state index in [1.165, 1.54) is 17.0 Å². The van der Waals surface area contributed by atoms with Gasteiger partial charge in [0.1, 0.15) is 19.0 Å². The Labute approximate surface area is 160 Å². The molecular weight excluding hydrogens is 367 g/mol. The summed E-state index contributed by atoms with van der Waals surface area (Å²) in [5.41, 5.74) is 0.638. The first-order chi connectivity index (χ1) is 13.6. The van der Waals surface area contributed by atoms with Gasteiger partial charge >= 0.3 is 5.97 Å². The average molecular weight is 384 g/mol. The van der Waals surface area contributed by atoms with Gasteiger partial charge < -0.3 is 19.1 Å². The summed E-state index contributed by atoms with van der Waals surface area (Å²) in [6, 6.07) is 11.8. The quantitative estimate of drug-likeness (QED) is 0.712. The van der Waals surface area contributed by atoms with Crippen molar-refractivity contribution in [2.75, 3.05) is 31.3 Å². The van der Waals surface area contributed by atoms with Gasteiger partial charge in [0.25, 0.3) is 5.91 Å². The van der Waals surface area contributed by atoms with Crippen molar-refractivity contribution in [3.63, 3.8) is 0 Å². The number of hydrogen-bond donors (Lipinski definition) is 0. The van der Waals surface area contributed by atoms with Crippen molar-refractivity contribution in [2.45, 2.75) is 6.42 Å². The fourth-order valence-corrected chi connectivity index (χ4v) is 2.63. The Balaban J connectivity index is 1.70. The number of nitriles is 1. The molecule has 2 aromatic rings. The molecular formula is C20H17FN2O5. The molecule has 144 valence electrons. The van der Waals surface area contributed by atoms with Crippen LogP contribution in [-0.2, 0) is 9.53 Å². The molecule has 0 aromatic heterocycles. The number of carbonyl (C=O) groups excluding carboxylic acids is 2. The minimum Gasteiger partial charge on any atom is -0.486 e. The second kappa shape index (κ2) is 8.86. The number of rotatable bonds is 6. The van der Waals surface area contributed by atoms with Gasteiger partial charge in [0.15, 0.2) is 18.1 Å². The Kier molecular flexibility index (Phi) is 6.07. The lowest BCUT2D eigenvalue weighted by Gasteiger charge is -2.24. The van der Waals surface area contributed by atoms with Gasteiger partial charge in [0, 0.05) is 18.3 Å². The first-order valence-corrected chi connectivity index (χ1v) is 8.58. The first kappa shape index (κ1) is 19.2. The molecule has 0 bridgehead atoms. The number of fused-ring (bicyclic) bond motifs is 1. The van der Waals surface area contributed by atoms with Crippen LogP contribution < -0.4 is 14.4 Å². The Morgan fingerprint density at radius 1 is 1.11 bits per heavy atom. The van der Waals surface area contributed by atoms with Crippen molar-refractivity contribution in [1.29, 1.82) is 5.26 Å². The number of amides is 1. The predicted molar refractivity (Wildman–Crippen MR) is 96.7 cm³/mol. The van der Waals surface area contributed by atoms with Gasteiger partial charge in [0.2, 0.25) is 0 Å². The van der Waals surface area contributed by atoms with Crippen LogP contribution in [0.25, 0.3) is 0 Å². The van der Waals surface area contributed by atoms with Gasteiger partial charge in [-0.15, -0.1) is 0 Å². The van der Waals surface area contributed by atoms with E-state index in [1.54, 1.807) is 18.2 Å². The van der Waals surface area contributed by atoms with E-state index < -0.39 is 24.3 Å². The van der Waals surface area contributed by atoms with Crippen LogP contribution in [0.1, 0.15) is 16.8 Å². The molecule has 0 unspecified atom stereocenters. The molecule has 0 spiro atoms. The first-order valence-electron chi connectivity index (χ1n) is 8.58. The summed E-state index contributed by atoms with van der Waals surface area (Å²) < 4.78 is 29.0. The SMILES string of the molecule is N#CCCN(C(=O)COC(=O)c1ccc(F)cc1)c1ccc2c(c1)OCCO2. The monoisotopic (exact) mass is 384 g/mol. The summed E-state index contributed by atoms with van der Waals surface area (Å²) in [4.78, 5) is 26.0. The highest BCUT2D eigenvalue weighted by molar-refractivity contribution is 5.97. The lowest BCUT2D eigenvalue weighted by Crippen LogP contribution is -2.35. The molecule has 0 atom stereocenters. The average Bonchev–Trinajstić information content (AvgIpc) is 2.72. The molecule has 0 fully saturated rings. The van der Waals surface area contributed by atoms with Crippen molar-refractivity contribution >= 4 is 17.6 Å². The van der Waals surface area contributed by atoms with Crippen LogP contribution in [0, 0.1) is 17.1 Å². The molecule has 0 aliphatic carbocycles. The maximum Gasteiger partial charge on any atom is 0.338 e. The van der Waals surface area contributed by atoms with Crippen molar-refractivity contribution in [3.8, 4) is 17.6 Å². The summed E-state index contributed by atoms with van der Waals surface area (Å²) in [7, 11) is 0. The third-order valence-corrected chi connectivity index (χ3v) is 3.99. The number of carbonyl (C=O) groups is 2. The van der Waals surface area contributed by atoms with Crippen LogP contribution in [0.15, 0.2) is 42.5 Å². The fraction of sp³-hybridized carbons (Fsp3) is 0.250. The zero-order valence-corrected chi connectivity index (χ0v) is 14.9.